The van der Waals surface area contributed by atoms with Crippen LogP contribution < -0.4 is 0 Å². The molecule has 3 nitrogen and oxygen atoms in total. The van der Waals surface area contributed by atoms with Gasteiger partial charge in [-0.2, -0.15) is 0 Å². The van der Waals surface area contributed by atoms with Gasteiger partial charge in [0.15, 0.2) is 0 Å². The average Bonchev–Trinajstić information content (AvgIpc) is 2.16. The number of rotatable bonds is 1. The number of hydrogen-bond acceptors (Lipinski definition) is 2. The van der Waals surface area contributed by atoms with Crippen molar-refractivity contribution in [2.45, 2.75) is 40.2 Å². The van der Waals surface area contributed by atoms with E-state index >= 15 is 0 Å². The lowest BCUT2D eigenvalue weighted by Gasteiger charge is -2.55. The van der Waals surface area contributed by atoms with Gasteiger partial charge in [0.2, 0.25) is 5.91 Å². The molecule has 0 aromatic rings. The van der Waals surface area contributed by atoms with Crippen LogP contribution in [0, 0.1) is 5.41 Å². The van der Waals surface area contributed by atoms with Gasteiger partial charge in [-0.15, -0.1) is 0 Å². The second-order valence-electron chi connectivity index (χ2n) is 4.59. The monoisotopic (exact) mass is 195 g/mol. The number of carbonyl (C=O) groups is 1. The first-order valence-electron chi connectivity index (χ1n) is 5.16. The van der Waals surface area contributed by atoms with E-state index in [4.69, 9.17) is 4.74 Å². The Morgan fingerprint density at radius 2 is 2.21 bits per heavy atom. The van der Waals surface area contributed by atoms with E-state index in [-0.39, 0.29) is 17.4 Å². The van der Waals surface area contributed by atoms with Crippen molar-refractivity contribution in [2.75, 3.05) is 6.61 Å². The third-order valence-corrected chi connectivity index (χ3v) is 3.42. The van der Waals surface area contributed by atoms with Crippen LogP contribution in [0.1, 0.15) is 34.1 Å². The van der Waals surface area contributed by atoms with Crippen molar-refractivity contribution in [3.8, 4) is 0 Å². The largest absolute Gasteiger partial charge is 0.494 e. The van der Waals surface area contributed by atoms with Crippen LogP contribution in [-0.2, 0) is 9.53 Å². The number of hydrogen-bond donors (Lipinski definition) is 0. The number of nitrogens with zero attached hydrogens (tertiary/aromatic N) is 1. The fourth-order valence-corrected chi connectivity index (χ4v) is 2.30. The molecule has 0 saturated carbocycles. The molecule has 1 unspecified atom stereocenters. The molecular formula is C11H17NO2. The zero-order valence-electron chi connectivity index (χ0n) is 9.26. The molecule has 14 heavy (non-hydrogen) atoms. The molecule has 0 aliphatic carbocycles. The van der Waals surface area contributed by atoms with Crippen LogP contribution in [0.4, 0.5) is 0 Å². The first kappa shape index (κ1) is 9.56. The molecular weight excluding hydrogens is 178 g/mol. The molecule has 2 rings (SSSR count). The van der Waals surface area contributed by atoms with Crippen molar-refractivity contribution in [1.29, 1.82) is 0 Å². The van der Waals surface area contributed by atoms with Gasteiger partial charge in [-0.05, 0) is 20.8 Å². The molecule has 78 valence electrons. The third-order valence-electron chi connectivity index (χ3n) is 3.42. The molecule has 0 aromatic heterocycles. The molecule has 0 spiro atoms. The first-order chi connectivity index (χ1) is 6.50. The van der Waals surface area contributed by atoms with E-state index in [1.807, 2.05) is 25.7 Å². The van der Waals surface area contributed by atoms with E-state index in [9.17, 15) is 4.79 Å². The molecule has 0 radical (unpaired) electrons. The van der Waals surface area contributed by atoms with Crippen LogP contribution in [0.5, 0.6) is 0 Å². The van der Waals surface area contributed by atoms with Crippen LogP contribution in [-0.4, -0.2) is 23.5 Å². The van der Waals surface area contributed by atoms with E-state index < -0.39 is 0 Å². The van der Waals surface area contributed by atoms with E-state index in [0.29, 0.717) is 6.61 Å². The Balaban J connectivity index is 2.31. The number of carbonyl (C=O) groups excluding carboxylic acids is 1. The van der Waals surface area contributed by atoms with Gasteiger partial charge in [-0.25, -0.2) is 0 Å². The minimum atomic E-state index is -0.236. The summed E-state index contributed by atoms with van der Waals surface area (Å²) in [6, 6.07) is 0.241. The highest BCUT2D eigenvalue weighted by molar-refractivity contribution is 5.91. The lowest BCUT2D eigenvalue weighted by atomic mass is 9.73. The highest BCUT2D eigenvalue weighted by atomic mass is 16.5. The Labute approximate surface area is 84.7 Å². The maximum atomic E-state index is 11.8. The molecule has 2 aliphatic rings. The summed E-state index contributed by atoms with van der Waals surface area (Å²) in [7, 11) is 0. The summed E-state index contributed by atoms with van der Waals surface area (Å²) in [5.74, 6) is 1.19. The van der Waals surface area contributed by atoms with E-state index in [0.717, 1.165) is 17.9 Å². The normalized spacial score (nSPS) is 29.6. The predicted molar refractivity (Wildman–Crippen MR) is 53.4 cm³/mol. The molecule has 0 bridgehead atoms. The van der Waals surface area contributed by atoms with Crippen molar-refractivity contribution < 1.29 is 9.53 Å². The first-order valence-corrected chi connectivity index (χ1v) is 5.16. The summed E-state index contributed by atoms with van der Waals surface area (Å²) in [6.45, 7) is 8.65. The number of amides is 1. The van der Waals surface area contributed by atoms with Crippen molar-refractivity contribution in [3.05, 3.63) is 11.5 Å². The lowest BCUT2D eigenvalue weighted by molar-refractivity contribution is -0.171. The maximum Gasteiger partial charge on any atom is 0.235 e. The second-order valence-corrected chi connectivity index (χ2v) is 4.59. The van der Waals surface area contributed by atoms with E-state index in [1.54, 1.807) is 0 Å². The topological polar surface area (TPSA) is 29.5 Å². The summed E-state index contributed by atoms with van der Waals surface area (Å²) < 4.78 is 5.64. The summed E-state index contributed by atoms with van der Waals surface area (Å²) >= 11 is 0. The molecule has 1 fully saturated rings. The van der Waals surface area contributed by atoms with Gasteiger partial charge in [0.25, 0.3) is 0 Å². The number of β-lactam (4-membered cyclic amide) rings is 1. The third kappa shape index (κ3) is 0.954. The Morgan fingerprint density at radius 3 is 2.79 bits per heavy atom. The van der Waals surface area contributed by atoms with Gasteiger partial charge in [-0.1, -0.05) is 6.92 Å². The fourth-order valence-electron chi connectivity index (χ4n) is 2.30. The highest BCUT2D eigenvalue weighted by Gasteiger charge is 2.56. The lowest BCUT2D eigenvalue weighted by Crippen LogP contribution is -2.68. The molecule has 0 N–H and O–H groups in total. The molecule has 1 saturated heterocycles. The molecule has 2 aliphatic heterocycles. The van der Waals surface area contributed by atoms with Crippen molar-refractivity contribution in [3.63, 3.8) is 0 Å². The van der Waals surface area contributed by atoms with Crippen molar-refractivity contribution >= 4 is 5.91 Å². The van der Waals surface area contributed by atoms with Gasteiger partial charge in [-0.3, -0.25) is 4.79 Å². The Kier molecular flexibility index (Phi) is 1.88. The minimum Gasteiger partial charge on any atom is -0.494 e. The molecule has 0 aromatic carbocycles. The summed E-state index contributed by atoms with van der Waals surface area (Å²) in [4.78, 5) is 13.7. The molecule has 1 amide bonds. The fraction of sp³-hybridized carbons (Fsp3) is 0.727. The van der Waals surface area contributed by atoms with Crippen LogP contribution in [0.3, 0.4) is 0 Å². The van der Waals surface area contributed by atoms with Crippen LogP contribution in [0.2, 0.25) is 0 Å². The molecule has 3 heteroatoms. The van der Waals surface area contributed by atoms with Gasteiger partial charge >= 0.3 is 0 Å². The number of allylic oxidation sites excluding steroid dienone is 2. The van der Waals surface area contributed by atoms with Gasteiger partial charge in [0.05, 0.1) is 17.2 Å². The molecule has 1 atom stereocenters. The average molecular weight is 195 g/mol. The van der Waals surface area contributed by atoms with E-state index in [1.165, 1.54) is 0 Å². The zero-order valence-corrected chi connectivity index (χ0v) is 9.26. The van der Waals surface area contributed by atoms with E-state index in [2.05, 4.69) is 6.92 Å². The Bertz CT molecular complexity index is 317. The molecule has 2 heterocycles. The number of fused-ring (bicyclic) bond motifs is 1. The minimum absolute atomic E-state index is 0.231. The van der Waals surface area contributed by atoms with Crippen LogP contribution in [0.15, 0.2) is 11.5 Å². The maximum absolute atomic E-state index is 11.8. The number of ether oxygens (including phenoxy) is 1. The van der Waals surface area contributed by atoms with Gasteiger partial charge < -0.3 is 9.64 Å². The smallest absolute Gasteiger partial charge is 0.235 e. The summed E-state index contributed by atoms with van der Waals surface area (Å²) in [5, 5.41) is 0. The van der Waals surface area contributed by atoms with Gasteiger partial charge in [0.1, 0.15) is 12.4 Å². The SMILES string of the molecule is CCC1=C(C)N2C(=O)C(C)(C)C2CO1. The van der Waals surface area contributed by atoms with Crippen LogP contribution in [0.25, 0.3) is 0 Å². The second kappa shape index (κ2) is 2.75. The van der Waals surface area contributed by atoms with Crippen LogP contribution >= 0.6 is 0 Å². The predicted octanol–water partition coefficient (Wildman–Crippen LogP) is 1.90. The van der Waals surface area contributed by atoms with Crippen molar-refractivity contribution in [1.82, 2.24) is 4.90 Å². The summed E-state index contributed by atoms with van der Waals surface area (Å²) in [5.41, 5.74) is 0.772. The Morgan fingerprint density at radius 1 is 1.57 bits per heavy atom. The zero-order chi connectivity index (χ0) is 10.5. The van der Waals surface area contributed by atoms with Crippen molar-refractivity contribution in [2.24, 2.45) is 5.41 Å². The quantitative estimate of drug-likeness (QED) is 0.598. The highest BCUT2D eigenvalue weighted by Crippen LogP contribution is 2.44. The summed E-state index contributed by atoms with van der Waals surface area (Å²) in [6.07, 6.45) is 0.864. The standard InChI is InChI=1S/C11H17NO2/c1-5-8-7(2)12-9(6-14-8)11(3,4)10(12)13/h9H,5-6H2,1-4H3. The van der Waals surface area contributed by atoms with Gasteiger partial charge in [0, 0.05) is 6.42 Å². The Hall–Kier alpha value is -0.990.